The van der Waals surface area contributed by atoms with Crippen LogP contribution in [0.4, 0.5) is 16.2 Å². The fourth-order valence-electron chi connectivity index (χ4n) is 1.62. The Hall–Kier alpha value is -2.50. The molecule has 2 aromatic rings. The topological polar surface area (TPSA) is 85.0 Å². The summed E-state index contributed by atoms with van der Waals surface area (Å²) in [4.78, 5) is 11.6. The molecule has 0 radical (unpaired) electrons. The zero-order valence-corrected chi connectivity index (χ0v) is 10.5. The van der Waals surface area contributed by atoms with Crippen LogP contribution in [0.3, 0.4) is 0 Å². The number of anilines is 2. The SMILES string of the molecule is Nc1ccc(NC(=O)NCCCn2cccn2)cc1. The summed E-state index contributed by atoms with van der Waals surface area (Å²) < 4.78 is 1.83. The maximum atomic E-state index is 11.6. The standard InChI is InChI=1S/C13H17N5O/c14-11-3-5-12(6-4-11)17-13(19)15-7-1-9-18-10-2-8-16-18/h2-6,8,10H,1,7,9,14H2,(H2,15,17,19). The number of hydrogen-bond donors (Lipinski definition) is 3. The van der Waals surface area contributed by atoms with Gasteiger partial charge in [-0.3, -0.25) is 4.68 Å². The van der Waals surface area contributed by atoms with Gasteiger partial charge in [0.25, 0.3) is 0 Å². The second-order valence-corrected chi connectivity index (χ2v) is 4.13. The molecule has 4 N–H and O–H groups in total. The quantitative estimate of drug-likeness (QED) is 0.564. The van der Waals surface area contributed by atoms with Crippen LogP contribution < -0.4 is 16.4 Å². The molecular formula is C13H17N5O. The van der Waals surface area contributed by atoms with E-state index in [0.29, 0.717) is 12.2 Å². The van der Waals surface area contributed by atoms with Gasteiger partial charge in [-0.25, -0.2) is 4.79 Å². The molecule has 2 rings (SSSR count). The van der Waals surface area contributed by atoms with E-state index in [1.165, 1.54) is 0 Å². The van der Waals surface area contributed by atoms with Crippen molar-refractivity contribution in [3.05, 3.63) is 42.7 Å². The molecule has 0 spiro atoms. The van der Waals surface area contributed by atoms with Gasteiger partial charge >= 0.3 is 6.03 Å². The summed E-state index contributed by atoms with van der Waals surface area (Å²) >= 11 is 0. The van der Waals surface area contributed by atoms with Gasteiger partial charge in [0.1, 0.15) is 0 Å². The van der Waals surface area contributed by atoms with E-state index in [1.54, 1.807) is 30.5 Å². The summed E-state index contributed by atoms with van der Waals surface area (Å²) in [6.45, 7) is 1.38. The molecule has 2 amide bonds. The zero-order chi connectivity index (χ0) is 13.5. The normalized spacial score (nSPS) is 10.1. The van der Waals surface area contributed by atoms with Crippen molar-refractivity contribution in [3.8, 4) is 0 Å². The summed E-state index contributed by atoms with van der Waals surface area (Å²) in [5, 5.41) is 9.61. The van der Waals surface area contributed by atoms with Gasteiger partial charge in [-0.15, -0.1) is 0 Å². The lowest BCUT2D eigenvalue weighted by Gasteiger charge is -2.07. The van der Waals surface area contributed by atoms with Gasteiger partial charge in [-0.05, 0) is 36.8 Å². The Labute approximate surface area is 111 Å². The van der Waals surface area contributed by atoms with Crippen LogP contribution in [0.15, 0.2) is 42.7 Å². The third-order valence-electron chi connectivity index (χ3n) is 2.58. The maximum Gasteiger partial charge on any atom is 0.319 e. The van der Waals surface area contributed by atoms with E-state index < -0.39 is 0 Å². The Bertz CT molecular complexity index is 506. The van der Waals surface area contributed by atoms with Gasteiger partial charge in [0.2, 0.25) is 0 Å². The Morgan fingerprint density at radius 3 is 2.79 bits per heavy atom. The second-order valence-electron chi connectivity index (χ2n) is 4.13. The third kappa shape index (κ3) is 4.34. The highest BCUT2D eigenvalue weighted by atomic mass is 16.2. The van der Waals surface area contributed by atoms with Gasteiger partial charge < -0.3 is 16.4 Å². The van der Waals surface area contributed by atoms with Crippen molar-refractivity contribution in [2.45, 2.75) is 13.0 Å². The number of nitrogens with two attached hydrogens (primary N) is 1. The molecule has 6 nitrogen and oxygen atoms in total. The molecule has 0 atom stereocenters. The third-order valence-corrected chi connectivity index (χ3v) is 2.58. The van der Waals surface area contributed by atoms with E-state index >= 15 is 0 Å². The van der Waals surface area contributed by atoms with Crippen molar-refractivity contribution in [2.75, 3.05) is 17.6 Å². The molecule has 19 heavy (non-hydrogen) atoms. The largest absolute Gasteiger partial charge is 0.399 e. The summed E-state index contributed by atoms with van der Waals surface area (Å²) in [6, 6.07) is 8.67. The van der Waals surface area contributed by atoms with Crippen molar-refractivity contribution in [2.24, 2.45) is 0 Å². The molecule has 0 fully saturated rings. The molecule has 0 saturated heterocycles. The molecule has 0 aliphatic rings. The molecular weight excluding hydrogens is 242 g/mol. The smallest absolute Gasteiger partial charge is 0.319 e. The number of benzene rings is 1. The van der Waals surface area contributed by atoms with Crippen LogP contribution in [-0.4, -0.2) is 22.4 Å². The Balaban J connectivity index is 1.65. The number of nitrogens with one attached hydrogen (secondary N) is 2. The number of aromatic nitrogens is 2. The predicted molar refractivity (Wildman–Crippen MR) is 74.7 cm³/mol. The number of nitrogen functional groups attached to an aromatic ring is 1. The first-order chi connectivity index (χ1) is 9.24. The van der Waals surface area contributed by atoms with Gasteiger partial charge in [-0.2, -0.15) is 5.10 Å². The van der Waals surface area contributed by atoms with Crippen LogP contribution >= 0.6 is 0 Å². The maximum absolute atomic E-state index is 11.6. The lowest BCUT2D eigenvalue weighted by molar-refractivity contribution is 0.251. The van der Waals surface area contributed by atoms with Gasteiger partial charge in [0.05, 0.1) is 0 Å². The number of hydrogen-bond acceptors (Lipinski definition) is 3. The average molecular weight is 259 g/mol. The van der Waals surface area contributed by atoms with Gasteiger partial charge in [0.15, 0.2) is 0 Å². The summed E-state index contributed by atoms with van der Waals surface area (Å²) in [5.41, 5.74) is 6.96. The zero-order valence-electron chi connectivity index (χ0n) is 10.5. The average Bonchev–Trinajstić information content (AvgIpc) is 2.91. The Morgan fingerprint density at radius 2 is 2.11 bits per heavy atom. The molecule has 1 aromatic carbocycles. The van der Waals surface area contributed by atoms with Crippen LogP contribution in [0.5, 0.6) is 0 Å². The Kier molecular flexibility index (Phi) is 4.39. The molecule has 0 aliphatic carbocycles. The first-order valence-electron chi connectivity index (χ1n) is 6.12. The molecule has 6 heteroatoms. The molecule has 0 aliphatic heterocycles. The molecule has 100 valence electrons. The highest BCUT2D eigenvalue weighted by molar-refractivity contribution is 5.89. The van der Waals surface area contributed by atoms with Crippen LogP contribution in [0.1, 0.15) is 6.42 Å². The number of nitrogens with zero attached hydrogens (tertiary/aromatic N) is 2. The van der Waals surface area contributed by atoms with Gasteiger partial charge in [-0.1, -0.05) is 0 Å². The van der Waals surface area contributed by atoms with Gasteiger partial charge in [0, 0.05) is 36.9 Å². The van der Waals surface area contributed by atoms with Crippen molar-refractivity contribution in [3.63, 3.8) is 0 Å². The number of urea groups is 1. The summed E-state index contributed by atoms with van der Waals surface area (Å²) in [5.74, 6) is 0. The lowest BCUT2D eigenvalue weighted by Crippen LogP contribution is -2.30. The minimum absolute atomic E-state index is 0.217. The predicted octanol–water partition coefficient (Wildman–Crippen LogP) is 1.68. The number of amides is 2. The second kappa shape index (κ2) is 6.44. The number of aryl methyl sites for hydroxylation is 1. The fourth-order valence-corrected chi connectivity index (χ4v) is 1.62. The van der Waals surface area contributed by atoms with Crippen LogP contribution in [0, 0.1) is 0 Å². The fraction of sp³-hybridized carbons (Fsp3) is 0.231. The first kappa shape index (κ1) is 12.9. The minimum atomic E-state index is -0.217. The van der Waals surface area contributed by atoms with Crippen molar-refractivity contribution < 1.29 is 4.79 Å². The highest BCUT2D eigenvalue weighted by Crippen LogP contribution is 2.09. The lowest BCUT2D eigenvalue weighted by atomic mass is 10.3. The summed E-state index contributed by atoms with van der Waals surface area (Å²) in [7, 11) is 0. The van der Waals surface area contributed by atoms with E-state index in [2.05, 4.69) is 15.7 Å². The minimum Gasteiger partial charge on any atom is -0.399 e. The highest BCUT2D eigenvalue weighted by Gasteiger charge is 2.00. The summed E-state index contributed by atoms with van der Waals surface area (Å²) in [6.07, 6.45) is 4.46. The molecule has 1 heterocycles. The first-order valence-corrected chi connectivity index (χ1v) is 6.12. The molecule has 0 saturated carbocycles. The Morgan fingerprint density at radius 1 is 1.32 bits per heavy atom. The van der Waals surface area contributed by atoms with E-state index in [4.69, 9.17) is 5.73 Å². The van der Waals surface area contributed by atoms with Crippen molar-refractivity contribution >= 4 is 17.4 Å². The van der Waals surface area contributed by atoms with E-state index in [1.807, 2.05) is 16.9 Å². The number of rotatable bonds is 5. The molecule has 0 unspecified atom stereocenters. The van der Waals surface area contributed by atoms with E-state index in [0.717, 1.165) is 18.7 Å². The molecule has 0 bridgehead atoms. The van der Waals surface area contributed by atoms with E-state index in [-0.39, 0.29) is 6.03 Å². The van der Waals surface area contributed by atoms with Crippen LogP contribution in [0.25, 0.3) is 0 Å². The van der Waals surface area contributed by atoms with E-state index in [9.17, 15) is 4.79 Å². The van der Waals surface area contributed by atoms with Crippen LogP contribution in [-0.2, 0) is 6.54 Å². The van der Waals surface area contributed by atoms with Crippen LogP contribution in [0.2, 0.25) is 0 Å². The number of carbonyl (C=O) groups excluding carboxylic acids is 1. The van der Waals surface area contributed by atoms with Crippen molar-refractivity contribution in [1.29, 1.82) is 0 Å². The number of carbonyl (C=O) groups is 1. The molecule has 1 aromatic heterocycles. The van der Waals surface area contributed by atoms with Crippen molar-refractivity contribution in [1.82, 2.24) is 15.1 Å². The monoisotopic (exact) mass is 259 g/mol.